The molecule has 0 amide bonds. The smallest absolute Gasteiger partial charge is 0.226 e. The minimum absolute atomic E-state index is 0.101. The Morgan fingerprint density at radius 3 is 2.79 bits per heavy atom. The van der Waals surface area contributed by atoms with Gasteiger partial charge in [0, 0.05) is 17.1 Å². The van der Waals surface area contributed by atoms with Gasteiger partial charge in [-0.25, -0.2) is 23.1 Å². The lowest BCUT2D eigenvalue weighted by atomic mass is 10.2. The van der Waals surface area contributed by atoms with Gasteiger partial charge >= 0.3 is 0 Å². The van der Waals surface area contributed by atoms with Crippen molar-refractivity contribution in [2.45, 2.75) is 30.2 Å². The highest BCUT2D eigenvalue weighted by Gasteiger charge is 2.41. The van der Waals surface area contributed by atoms with E-state index in [-0.39, 0.29) is 15.7 Å². The Hall–Kier alpha value is -1.24. The minimum atomic E-state index is -3.51. The molecule has 1 N–H and O–H groups in total. The molecule has 3 rings (SSSR count). The first-order valence-electron chi connectivity index (χ1n) is 5.84. The quantitative estimate of drug-likeness (QED) is 0.881. The normalized spacial score (nSPS) is 17.6. The van der Waals surface area contributed by atoms with E-state index in [2.05, 4.69) is 14.7 Å². The van der Waals surface area contributed by atoms with Gasteiger partial charge in [0.05, 0.1) is 10.4 Å². The van der Waals surface area contributed by atoms with Crippen LogP contribution in [-0.2, 0) is 10.0 Å². The number of fused-ring (bicyclic) bond motifs is 1. The third kappa shape index (κ3) is 2.56. The summed E-state index contributed by atoms with van der Waals surface area (Å²) in [6, 6.07) is 4.74. The molecule has 2 aromatic rings. The Labute approximate surface area is 116 Å². The number of benzene rings is 1. The molecule has 1 fully saturated rings. The van der Waals surface area contributed by atoms with Gasteiger partial charge in [-0.3, -0.25) is 0 Å². The fourth-order valence-electron chi connectivity index (χ4n) is 1.82. The molecule has 0 radical (unpaired) electrons. The molecule has 5 nitrogen and oxygen atoms in total. The van der Waals surface area contributed by atoms with Crippen LogP contribution in [0.5, 0.6) is 0 Å². The topological polar surface area (TPSA) is 72.0 Å². The van der Waals surface area contributed by atoms with E-state index >= 15 is 0 Å². The summed E-state index contributed by atoms with van der Waals surface area (Å²) in [6.07, 6.45) is 3.30. The molecule has 100 valence electrons. The summed E-state index contributed by atoms with van der Waals surface area (Å²) in [4.78, 5) is 8.08. The Balaban J connectivity index is 2.05. The van der Waals surface area contributed by atoms with E-state index in [0.717, 1.165) is 18.2 Å². The van der Waals surface area contributed by atoms with E-state index in [1.807, 2.05) is 6.92 Å². The molecule has 0 bridgehead atoms. The second-order valence-corrected chi connectivity index (χ2v) is 7.05. The summed E-state index contributed by atoms with van der Waals surface area (Å²) in [5.74, 6) is 0. The molecule has 0 saturated heterocycles. The molecule has 1 aromatic heterocycles. The number of aromatic nitrogens is 2. The number of rotatable bonds is 3. The van der Waals surface area contributed by atoms with Crippen LogP contribution in [0.3, 0.4) is 0 Å². The maximum atomic E-state index is 12.2. The molecule has 0 unspecified atom stereocenters. The fraction of sp³-hybridized carbons (Fsp3) is 0.333. The third-order valence-corrected chi connectivity index (χ3v) is 5.03. The Kier molecular flexibility index (Phi) is 2.78. The van der Waals surface area contributed by atoms with Gasteiger partial charge in [0.2, 0.25) is 15.3 Å². The molecule has 0 atom stereocenters. The van der Waals surface area contributed by atoms with Gasteiger partial charge in [-0.15, -0.1) is 0 Å². The zero-order valence-electron chi connectivity index (χ0n) is 10.2. The second-order valence-electron chi connectivity index (χ2n) is 5.03. The van der Waals surface area contributed by atoms with Crippen molar-refractivity contribution in [1.82, 2.24) is 14.7 Å². The summed E-state index contributed by atoms with van der Waals surface area (Å²) in [7, 11) is -3.51. The van der Waals surface area contributed by atoms with Crippen molar-refractivity contribution in [3.8, 4) is 0 Å². The van der Waals surface area contributed by atoms with Gasteiger partial charge in [0.1, 0.15) is 0 Å². The van der Waals surface area contributed by atoms with Crippen LogP contribution in [0.25, 0.3) is 10.9 Å². The largest absolute Gasteiger partial charge is 0.241 e. The first kappa shape index (κ1) is 12.8. The second kappa shape index (κ2) is 4.13. The van der Waals surface area contributed by atoms with Crippen LogP contribution < -0.4 is 4.72 Å². The van der Waals surface area contributed by atoms with Crippen molar-refractivity contribution in [2.75, 3.05) is 0 Å². The lowest BCUT2D eigenvalue weighted by Gasteiger charge is -2.12. The number of hydrogen-bond acceptors (Lipinski definition) is 4. The average molecular weight is 298 g/mol. The number of halogens is 1. The van der Waals surface area contributed by atoms with E-state index < -0.39 is 10.0 Å². The highest BCUT2D eigenvalue weighted by molar-refractivity contribution is 7.89. The molecule has 7 heteroatoms. The summed E-state index contributed by atoms with van der Waals surface area (Å²) >= 11 is 5.71. The predicted octanol–water partition coefficient (Wildman–Crippen LogP) is 2.11. The van der Waals surface area contributed by atoms with Crippen molar-refractivity contribution in [2.24, 2.45) is 0 Å². The van der Waals surface area contributed by atoms with Gasteiger partial charge in [0.15, 0.2) is 0 Å². The maximum absolute atomic E-state index is 12.2. The van der Waals surface area contributed by atoms with Crippen LogP contribution in [0.2, 0.25) is 5.28 Å². The van der Waals surface area contributed by atoms with E-state index in [1.165, 1.54) is 6.07 Å². The van der Waals surface area contributed by atoms with Crippen LogP contribution in [-0.4, -0.2) is 23.9 Å². The molecule has 1 saturated carbocycles. The Morgan fingerprint density at radius 1 is 1.37 bits per heavy atom. The lowest BCUT2D eigenvalue weighted by molar-refractivity contribution is 0.558. The van der Waals surface area contributed by atoms with Gasteiger partial charge in [-0.1, -0.05) is 0 Å². The van der Waals surface area contributed by atoms with E-state index in [1.54, 1.807) is 18.3 Å². The molecular formula is C12H12ClN3O2S. The first-order chi connectivity index (χ1) is 8.88. The van der Waals surface area contributed by atoms with Gasteiger partial charge < -0.3 is 0 Å². The van der Waals surface area contributed by atoms with Crippen LogP contribution >= 0.6 is 11.6 Å². The minimum Gasteiger partial charge on any atom is -0.226 e. The molecule has 19 heavy (non-hydrogen) atoms. The standard InChI is InChI=1S/C12H12ClN3O2S/c1-12(4-5-12)16-19(17,18)9-3-2-8-7-14-11(13)15-10(8)6-9/h2-3,6-7,16H,4-5H2,1H3. The van der Waals surface area contributed by atoms with Crippen LogP contribution in [0.4, 0.5) is 0 Å². The molecule has 1 aromatic carbocycles. The van der Waals surface area contributed by atoms with Gasteiger partial charge in [-0.2, -0.15) is 0 Å². The Bertz CT molecular complexity index is 757. The van der Waals surface area contributed by atoms with Crippen molar-refractivity contribution in [1.29, 1.82) is 0 Å². The molecule has 1 aliphatic rings. The highest BCUT2D eigenvalue weighted by atomic mass is 35.5. The molecule has 0 spiro atoms. The van der Waals surface area contributed by atoms with E-state index in [9.17, 15) is 8.42 Å². The summed E-state index contributed by atoms with van der Waals surface area (Å²) in [6.45, 7) is 1.89. The third-order valence-electron chi connectivity index (χ3n) is 3.22. The predicted molar refractivity (Wildman–Crippen MR) is 72.5 cm³/mol. The molecule has 1 aliphatic carbocycles. The summed E-state index contributed by atoms with van der Waals surface area (Å²) in [5.41, 5.74) is 0.223. The first-order valence-corrected chi connectivity index (χ1v) is 7.70. The van der Waals surface area contributed by atoms with E-state index in [4.69, 9.17) is 11.6 Å². The summed E-state index contributed by atoms with van der Waals surface area (Å²) < 4.78 is 27.2. The zero-order valence-corrected chi connectivity index (χ0v) is 11.8. The summed E-state index contributed by atoms with van der Waals surface area (Å²) in [5, 5.41) is 0.852. The zero-order chi connectivity index (χ0) is 13.7. The molecule has 1 heterocycles. The Morgan fingerprint density at radius 2 is 2.11 bits per heavy atom. The van der Waals surface area contributed by atoms with Crippen molar-refractivity contribution in [3.63, 3.8) is 0 Å². The highest BCUT2D eigenvalue weighted by Crippen LogP contribution is 2.36. The fourth-order valence-corrected chi connectivity index (χ4v) is 3.45. The van der Waals surface area contributed by atoms with Crippen LogP contribution in [0.15, 0.2) is 29.3 Å². The maximum Gasteiger partial charge on any atom is 0.241 e. The number of nitrogens with one attached hydrogen (secondary N) is 1. The van der Waals surface area contributed by atoms with Crippen molar-refractivity contribution >= 4 is 32.5 Å². The molecular weight excluding hydrogens is 286 g/mol. The van der Waals surface area contributed by atoms with Crippen LogP contribution in [0, 0.1) is 0 Å². The van der Waals surface area contributed by atoms with E-state index in [0.29, 0.717) is 5.52 Å². The monoisotopic (exact) mass is 297 g/mol. The number of nitrogens with zero attached hydrogens (tertiary/aromatic N) is 2. The molecule has 0 aliphatic heterocycles. The lowest BCUT2D eigenvalue weighted by Crippen LogP contribution is -2.34. The van der Waals surface area contributed by atoms with Crippen LogP contribution in [0.1, 0.15) is 19.8 Å². The van der Waals surface area contributed by atoms with Crippen molar-refractivity contribution < 1.29 is 8.42 Å². The number of sulfonamides is 1. The van der Waals surface area contributed by atoms with Gasteiger partial charge in [0.25, 0.3) is 0 Å². The number of hydrogen-bond donors (Lipinski definition) is 1. The average Bonchev–Trinajstić information content (AvgIpc) is 3.04. The van der Waals surface area contributed by atoms with Gasteiger partial charge in [-0.05, 0) is 49.6 Å². The SMILES string of the molecule is CC1(NS(=O)(=O)c2ccc3cnc(Cl)nc3c2)CC1. The van der Waals surface area contributed by atoms with Crippen molar-refractivity contribution in [3.05, 3.63) is 29.7 Å².